The van der Waals surface area contributed by atoms with Gasteiger partial charge in [0.25, 0.3) is 5.76 Å². The fourth-order valence-corrected chi connectivity index (χ4v) is 2.97. The standard InChI is InChI=1S/C14H19F2N3S2/c1-18-7-2-8-19(10-9-18)14(20)17-11-3-5-12(6-4-11)21-13(15)16/h3-6,13H,2,7-10H2,1H3,(H,17,20). The maximum absolute atomic E-state index is 12.3. The van der Waals surface area contributed by atoms with Gasteiger partial charge in [-0.05, 0) is 56.5 Å². The molecule has 0 unspecified atom stereocenters. The summed E-state index contributed by atoms with van der Waals surface area (Å²) in [4.78, 5) is 5.00. The number of thioether (sulfide) groups is 1. The number of nitrogens with one attached hydrogen (secondary N) is 1. The molecule has 0 saturated carbocycles. The fraction of sp³-hybridized carbons (Fsp3) is 0.500. The summed E-state index contributed by atoms with van der Waals surface area (Å²) in [5, 5.41) is 3.87. The van der Waals surface area contributed by atoms with E-state index >= 15 is 0 Å². The molecule has 7 heteroatoms. The monoisotopic (exact) mass is 331 g/mol. The summed E-state index contributed by atoms with van der Waals surface area (Å²) < 4.78 is 24.5. The third-order valence-electron chi connectivity index (χ3n) is 3.34. The molecule has 0 aromatic heterocycles. The van der Waals surface area contributed by atoms with Gasteiger partial charge in [-0.1, -0.05) is 11.8 Å². The van der Waals surface area contributed by atoms with Gasteiger partial charge >= 0.3 is 0 Å². The smallest absolute Gasteiger partial charge is 0.288 e. The van der Waals surface area contributed by atoms with Crippen molar-refractivity contribution in [2.45, 2.75) is 17.1 Å². The van der Waals surface area contributed by atoms with E-state index in [4.69, 9.17) is 12.2 Å². The predicted molar refractivity (Wildman–Crippen MR) is 88.2 cm³/mol. The van der Waals surface area contributed by atoms with Crippen molar-refractivity contribution in [3.8, 4) is 0 Å². The van der Waals surface area contributed by atoms with Crippen molar-refractivity contribution in [3.05, 3.63) is 24.3 Å². The molecule has 1 N–H and O–H groups in total. The molecule has 0 atom stereocenters. The van der Waals surface area contributed by atoms with Gasteiger partial charge in [0.1, 0.15) is 0 Å². The highest BCUT2D eigenvalue weighted by Crippen LogP contribution is 2.26. The summed E-state index contributed by atoms with van der Waals surface area (Å²) in [5.74, 6) is -2.39. The summed E-state index contributed by atoms with van der Waals surface area (Å²) in [5.41, 5.74) is 0.830. The van der Waals surface area contributed by atoms with E-state index in [2.05, 4.69) is 22.2 Å². The number of alkyl halides is 2. The second-order valence-electron chi connectivity index (χ2n) is 4.98. The van der Waals surface area contributed by atoms with Crippen LogP contribution in [0.15, 0.2) is 29.2 Å². The van der Waals surface area contributed by atoms with Gasteiger partial charge in [0.05, 0.1) is 0 Å². The Labute approximate surface area is 133 Å². The quantitative estimate of drug-likeness (QED) is 0.674. The highest BCUT2D eigenvalue weighted by Gasteiger charge is 2.14. The molecular weight excluding hydrogens is 312 g/mol. The van der Waals surface area contributed by atoms with E-state index in [-0.39, 0.29) is 0 Å². The van der Waals surface area contributed by atoms with Gasteiger partial charge < -0.3 is 15.1 Å². The zero-order valence-electron chi connectivity index (χ0n) is 11.9. The molecule has 1 fully saturated rings. The van der Waals surface area contributed by atoms with Crippen LogP contribution in [0.25, 0.3) is 0 Å². The molecule has 1 aliphatic heterocycles. The summed E-state index contributed by atoms with van der Waals surface area (Å²) in [7, 11) is 2.11. The number of hydrogen-bond acceptors (Lipinski definition) is 3. The van der Waals surface area contributed by atoms with Crippen LogP contribution in [0.5, 0.6) is 0 Å². The first-order valence-corrected chi connectivity index (χ1v) is 8.13. The van der Waals surface area contributed by atoms with E-state index in [1.165, 1.54) is 0 Å². The average molecular weight is 331 g/mol. The molecule has 1 aromatic carbocycles. The Kier molecular flexibility index (Phi) is 6.20. The van der Waals surface area contributed by atoms with Crippen molar-refractivity contribution < 1.29 is 8.78 Å². The number of likely N-dealkylation sites (N-methyl/N-ethyl adjacent to an activating group) is 1. The Balaban J connectivity index is 1.89. The van der Waals surface area contributed by atoms with E-state index in [0.717, 1.165) is 38.3 Å². The number of benzene rings is 1. The molecule has 0 spiro atoms. The van der Waals surface area contributed by atoms with E-state index in [9.17, 15) is 8.78 Å². The SMILES string of the molecule is CN1CCCN(C(=S)Nc2ccc(SC(F)F)cc2)CC1. The number of rotatable bonds is 3. The Morgan fingerprint density at radius 1 is 1.19 bits per heavy atom. The van der Waals surface area contributed by atoms with E-state index < -0.39 is 5.76 Å². The third kappa shape index (κ3) is 5.41. The van der Waals surface area contributed by atoms with Crippen LogP contribution in [0.3, 0.4) is 0 Å². The predicted octanol–water partition coefficient (Wildman–Crippen LogP) is 3.34. The largest absolute Gasteiger partial charge is 0.348 e. The number of nitrogens with zero attached hydrogens (tertiary/aromatic N) is 2. The zero-order chi connectivity index (χ0) is 15.2. The first-order chi connectivity index (χ1) is 10.0. The first kappa shape index (κ1) is 16.5. The normalized spacial score (nSPS) is 16.9. The lowest BCUT2D eigenvalue weighted by Crippen LogP contribution is -2.37. The molecule has 0 bridgehead atoms. The van der Waals surface area contributed by atoms with Crippen molar-refractivity contribution in [1.82, 2.24) is 9.80 Å². The van der Waals surface area contributed by atoms with Crippen molar-refractivity contribution >= 4 is 34.8 Å². The van der Waals surface area contributed by atoms with Crippen molar-refractivity contribution in [2.75, 3.05) is 38.5 Å². The van der Waals surface area contributed by atoms with Gasteiger partial charge in [-0.2, -0.15) is 8.78 Å². The van der Waals surface area contributed by atoms with Crippen molar-refractivity contribution in [3.63, 3.8) is 0 Å². The highest BCUT2D eigenvalue weighted by atomic mass is 32.2. The van der Waals surface area contributed by atoms with Crippen LogP contribution in [-0.4, -0.2) is 53.9 Å². The molecule has 116 valence electrons. The van der Waals surface area contributed by atoms with Gasteiger partial charge in [-0.3, -0.25) is 0 Å². The summed E-state index contributed by atoms with van der Waals surface area (Å²) >= 11 is 5.98. The van der Waals surface area contributed by atoms with Crippen LogP contribution in [0.2, 0.25) is 0 Å². The fourth-order valence-electron chi connectivity index (χ4n) is 2.17. The second-order valence-corrected chi connectivity index (χ2v) is 6.43. The molecule has 3 nitrogen and oxygen atoms in total. The molecular formula is C14H19F2N3S2. The number of halogens is 2. The van der Waals surface area contributed by atoms with Crippen molar-refractivity contribution in [1.29, 1.82) is 0 Å². The van der Waals surface area contributed by atoms with Crippen molar-refractivity contribution in [2.24, 2.45) is 0 Å². The second kappa shape index (κ2) is 7.91. The maximum atomic E-state index is 12.3. The van der Waals surface area contributed by atoms with Crippen LogP contribution in [0, 0.1) is 0 Å². The molecule has 0 radical (unpaired) electrons. The van der Waals surface area contributed by atoms with Gasteiger partial charge in [0.15, 0.2) is 5.11 Å². The van der Waals surface area contributed by atoms with Crippen LogP contribution < -0.4 is 5.32 Å². The van der Waals surface area contributed by atoms with Gasteiger partial charge in [-0.15, -0.1) is 0 Å². The molecule has 0 aliphatic carbocycles. The minimum Gasteiger partial charge on any atom is -0.348 e. The highest BCUT2D eigenvalue weighted by molar-refractivity contribution is 7.99. The Morgan fingerprint density at radius 2 is 1.90 bits per heavy atom. The average Bonchev–Trinajstić information content (AvgIpc) is 2.65. The molecule has 1 heterocycles. The summed E-state index contributed by atoms with van der Waals surface area (Å²) in [6, 6.07) is 6.91. The molecule has 2 rings (SSSR count). The lowest BCUT2D eigenvalue weighted by Gasteiger charge is -2.24. The number of hydrogen-bond donors (Lipinski definition) is 1. The van der Waals surface area contributed by atoms with Crippen LogP contribution in [-0.2, 0) is 0 Å². The van der Waals surface area contributed by atoms with Crippen LogP contribution in [0.4, 0.5) is 14.5 Å². The minimum absolute atomic E-state index is 0.547. The van der Waals surface area contributed by atoms with E-state index in [1.807, 2.05) is 0 Å². The maximum Gasteiger partial charge on any atom is 0.288 e. The lowest BCUT2D eigenvalue weighted by molar-refractivity contribution is 0.252. The first-order valence-electron chi connectivity index (χ1n) is 6.84. The molecule has 1 aliphatic rings. The van der Waals surface area contributed by atoms with E-state index in [1.54, 1.807) is 24.3 Å². The van der Waals surface area contributed by atoms with Crippen LogP contribution in [0.1, 0.15) is 6.42 Å². The Hall–Kier alpha value is -0.920. The summed E-state index contributed by atoms with van der Waals surface area (Å²) in [6.45, 7) is 3.92. The molecule has 1 aromatic rings. The zero-order valence-corrected chi connectivity index (χ0v) is 13.5. The van der Waals surface area contributed by atoms with E-state index in [0.29, 0.717) is 21.8 Å². The summed E-state index contributed by atoms with van der Waals surface area (Å²) in [6.07, 6.45) is 1.09. The van der Waals surface area contributed by atoms with Gasteiger partial charge in [0, 0.05) is 30.2 Å². The lowest BCUT2D eigenvalue weighted by atomic mass is 10.3. The Bertz CT molecular complexity index is 468. The molecule has 0 amide bonds. The topological polar surface area (TPSA) is 18.5 Å². The van der Waals surface area contributed by atoms with Gasteiger partial charge in [0.2, 0.25) is 0 Å². The molecule has 1 saturated heterocycles. The Morgan fingerprint density at radius 3 is 2.57 bits per heavy atom. The number of thiocarbonyl (C=S) groups is 1. The van der Waals surface area contributed by atoms with Gasteiger partial charge in [-0.25, -0.2) is 0 Å². The van der Waals surface area contributed by atoms with Crippen LogP contribution >= 0.6 is 24.0 Å². The third-order valence-corrected chi connectivity index (χ3v) is 4.42. The minimum atomic E-state index is -2.39. The number of anilines is 1. The molecule has 21 heavy (non-hydrogen) atoms.